The number of aryl methyl sites for hydroxylation is 1. The van der Waals surface area contributed by atoms with Crippen molar-refractivity contribution in [3.05, 3.63) is 58.9 Å². The molecule has 4 N–H and O–H groups in total. The van der Waals surface area contributed by atoms with Crippen molar-refractivity contribution in [2.75, 3.05) is 19.7 Å². The number of pyridine rings is 1. The zero-order valence-corrected chi connectivity index (χ0v) is 19.1. The summed E-state index contributed by atoms with van der Waals surface area (Å²) < 4.78 is 37.9. The van der Waals surface area contributed by atoms with E-state index in [0.29, 0.717) is 11.3 Å². The Balaban J connectivity index is 1.77. The maximum Gasteiger partial charge on any atom is 0.407 e. The van der Waals surface area contributed by atoms with Gasteiger partial charge in [-0.25, -0.2) is 24.0 Å². The number of hydrazone groups is 1. The van der Waals surface area contributed by atoms with E-state index in [1.165, 1.54) is 11.8 Å². The smallest absolute Gasteiger partial charge is 0.407 e. The Morgan fingerprint density at radius 3 is 2.69 bits per heavy atom. The third-order valence-corrected chi connectivity index (χ3v) is 5.59. The van der Waals surface area contributed by atoms with E-state index in [9.17, 15) is 14.7 Å². The van der Waals surface area contributed by atoms with E-state index in [0.717, 1.165) is 17.7 Å². The molecule has 0 aliphatic carbocycles. The maximum atomic E-state index is 15.2. The fourth-order valence-electron chi connectivity index (χ4n) is 3.96. The van der Waals surface area contributed by atoms with Gasteiger partial charge in [-0.2, -0.15) is 5.10 Å². The molecule has 1 aliphatic heterocycles. The van der Waals surface area contributed by atoms with Crippen molar-refractivity contribution < 1.29 is 28.2 Å². The van der Waals surface area contributed by atoms with Crippen molar-refractivity contribution in [1.29, 1.82) is 0 Å². The van der Waals surface area contributed by atoms with E-state index >= 15 is 8.78 Å². The summed E-state index contributed by atoms with van der Waals surface area (Å²) in [6.45, 7) is 3.87. The van der Waals surface area contributed by atoms with Gasteiger partial charge in [-0.1, -0.05) is 0 Å². The summed E-state index contributed by atoms with van der Waals surface area (Å²) in [5.74, 6) is -2.72. The van der Waals surface area contributed by atoms with Crippen LogP contribution in [0.25, 0.3) is 16.9 Å². The molecule has 2 amide bonds. The molecule has 1 fully saturated rings. The second-order valence-corrected chi connectivity index (χ2v) is 8.27. The molecule has 1 aromatic carbocycles. The van der Waals surface area contributed by atoms with Crippen molar-refractivity contribution in [1.82, 2.24) is 19.7 Å². The van der Waals surface area contributed by atoms with E-state index < -0.39 is 35.3 Å². The zero-order chi connectivity index (χ0) is 25.3. The molecule has 184 valence electrons. The number of aromatic nitrogens is 2. The first-order valence-electron chi connectivity index (χ1n) is 10.8. The zero-order valence-electron chi connectivity index (χ0n) is 19.1. The average molecular weight is 486 g/mol. The summed E-state index contributed by atoms with van der Waals surface area (Å²) in [6.07, 6.45) is 0.300. The number of fused-ring (bicyclic) bond motifs is 1. The molecule has 12 heteroatoms. The Labute approximate surface area is 199 Å². The fourth-order valence-corrected chi connectivity index (χ4v) is 3.96. The molecule has 0 saturated carbocycles. The van der Waals surface area contributed by atoms with Gasteiger partial charge in [0.2, 0.25) is 0 Å². The van der Waals surface area contributed by atoms with E-state index in [2.05, 4.69) is 15.5 Å². The van der Waals surface area contributed by atoms with Crippen LogP contribution in [-0.2, 0) is 11.2 Å². The van der Waals surface area contributed by atoms with Crippen molar-refractivity contribution in [3.63, 3.8) is 0 Å². The van der Waals surface area contributed by atoms with Gasteiger partial charge < -0.3 is 24.9 Å². The average Bonchev–Trinajstić information content (AvgIpc) is 3.13. The van der Waals surface area contributed by atoms with Crippen molar-refractivity contribution >= 4 is 23.5 Å². The summed E-state index contributed by atoms with van der Waals surface area (Å²) in [5, 5.41) is 12.9. The Bertz CT molecular complexity index is 1310. The van der Waals surface area contributed by atoms with Crippen LogP contribution in [0, 0.1) is 18.6 Å². The molecule has 0 spiro atoms. The summed E-state index contributed by atoms with van der Waals surface area (Å²) in [6, 6.07) is 5.39. The first-order chi connectivity index (χ1) is 16.6. The lowest BCUT2D eigenvalue weighted by atomic mass is 10.0. The molecule has 3 aromatic rings. The number of nitrogens with two attached hydrogens (primary N) is 1. The highest BCUT2D eigenvalue weighted by molar-refractivity contribution is 5.95. The standard InChI is InChI=1S/C23H24F2N6O4/c1-12-3-4-31-18(10-15-11-30(23(33)34)5-6-35-15)21(27-19(31)7-12)20-16(24)8-14(9-17(20)25)22(32)29-28-13(2)26/h3-4,7-9,15H,5-6,10-11H2,1-2H3,(H2,26,28)(H,29,32)(H,33,34). The lowest BCUT2D eigenvalue weighted by molar-refractivity contribution is -0.0214. The number of ether oxygens (including phenoxy) is 1. The van der Waals surface area contributed by atoms with E-state index in [4.69, 9.17) is 10.5 Å². The first-order valence-corrected chi connectivity index (χ1v) is 10.8. The van der Waals surface area contributed by atoms with Gasteiger partial charge in [0.1, 0.15) is 23.1 Å². The molecule has 0 radical (unpaired) electrons. The molecular weight excluding hydrogens is 462 g/mol. The second kappa shape index (κ2) is 9.66. The van der Waals surface area contributed by atoms with E-state index in [1.807, 2.05) is 13.0 Å². The third kappa shape index (κ3) is 5.06. The topological polar surface area (TPSA) is 135 Å². The number of halogens is 2. The van der Waals surface area contributed by atoms with Crippen LogP contribution in [-0.4, -0.2) is 63.0 Å². The van der Waals surface area contributed by atoms with Crippen LogP contribution in [0.1, 0.15) is 28.5 Å². The molecule has 1 unspecified atom stereocenters. The van der Waals surface area contributed by atoms with Crippen LogP contribution in [0.4, 0.5) is 13.6 Å². The number of amidine groups is 1. The maximum absolute atomic E-state index is 15.2. The number of rotatable bonds is 5. The number of hydrogen-bond donors (Lipinski definition) is 3. The Morgan fingerprint density at radius 1 is 1.31 bits per heavy atom. The monoisotopic (exact) mass is 486 g/mol. The number of amides is 2. The highest BCUT2D eigenvalue weighted by Crippen LogP contribution is 2.32. The van der Waals surface area contributed by atoms with Crippen LogP contribution >= 0.6 is 0 Å². The number of nitrogens with zero attached hydrogens (tertiary/aromatic N) is 4. The van der Waals surface area contributed by atoms with E-state index in [1.54, 1.807) is 16.7 Å². The van der Waals surface area contributed by atoms with Gasteiger partial charge in [0.25, 0.3) is 5.91 Å². The van der Waals surface area contributed by atoms with Gasteiger partial charge in [0.15, 0.2) is 0 Å². The van der Waals surface area contributed by atoms with Crippen LogP contribution in [0.5, 0.6) is 0 Å². The number of carbonyl (C=O) groups is 2. The Kier molecular flexibility index (Phi) is 6.65. The third-order valence-electron chi connectivity index (χ3n) is 5.59. The summed E-state index contributed by atoms with van der Waals surface area (Å²) in [4.78, 5) is 29.3. The minimum Gasteiger partial charge on any atom is -0.465 e. The lowest BCUT2D eigenvalue weighted by Crippen LogP contribution is -2.45. The largest absolute Gasteiger partial charge is 0.465 e. The number of hydrogen-bond acceptors (Lipinski definition) is 5. The number of imidazole rings is 1. The molecule has 35 heavy (non-hydrogen) atoms. The quantitative estimate of drug-likeness (QED) is 0.288. The summed E-state index contributed by atoms with van der Waals surface area (Å²) in [7, 11) is 0. The highest BCUT2D eigenvalue weighted by Gasteiger charge is 2.29. The Morgan fingerprint density at radius 2 is 2.03 bits per heavy atom. The number of carbonyl (C=O) groups excluding carboxylic acids is 1. The van der Waals surface area contributed by atoms with Crippen molar-refractivity contribution in [3.8, 4) is 11.3 Å². The molecular formula is C23H24F2N6O4. The molecule has 10 nitrogen and oxygen atoms in total. The molecule has 1 atom stereocenters. The normalized spacial score (nSPS) is 16.5. The Hall–Kier alpha value is -4.06. The molecule has 3 heterocycles. The minimum atomic E-state index is -1.06. The first kappa shape index (κ1) is 24.1. The van der Waals surface area contributed by atoms with Crippen LogP contribution in [0.3, 0.4) is 0 Å². The van der Waals surface area contributed by atoms with Gasteiger partial charge >= 0.3 is 6.09 Å². The number of benzene rings is 1. The van der Waals surface area contributed by atoms with Crippen LogP contribution in [0.15, 0.2) is 35.6 Å². The van der Waals surface area contributed by atoms with Gasteiger partial charge in [-0.05, 0) is 43.7 Å². The highest BCUT2D eigenvalue weighted by atomic mass is 19.1. The van der Waals surface area contributed by atoms with E-state index in [-0.39, 0.29) is 43.2 Å². The SMILES string of the molecule is CC(N)=NNC(=O)c1cc(F)c(-c2nc3cc(C)ccn3c2CC2CN(C(=O)O)CCO2)c(F)c1. The van der Waals surface area contributed by atoms with Crippen molar-refractivity contribution in [2.45, 2.75) is 26.4 Å². The minimum absolute atomic E-state index is 0.0458. The number of morpholine rings is 1. The predicted molar refractivity (Wildman–Crippen MR) is 123 cm³/mol. The second-order valence-electron chi connectivity index (χ2n) is 8.27. The van der Waals surface area contributed by atoms with Crippen molar-refractivity contribution in [2.24, 2.45) is 10.8 Å². The molecule has 1 aliphatic rings. The lowest BCUT2D eigenvalue weighted by Gasteiger charge is -2.31. The van der Waals surface area contributed by atoms with Gasteiger partial charge in [0.05, 0.1) is 36.2 Å². The molecule has 1 saturated heterocycles. The summed E-state index contributed by atoms with van der Waals surface area (Å²) in [5.41, 5.74) is 8.69. The predicted octanol–water partition coefficient (Wildman–Crippen LogP) is 2.53. The number of nitrogens with one attached hydrogen (secondary N) is 1. The van der Waals surface area contributed by atoms with Crippen LogP contribution in [0.2, 0.25) is 0 Å². The van der Waals surface area contributed by atoms with Gasteiger partial charge in [-0.3, -0.25) is 4.79 Å². The molecule has 4 rings (SSSR count). The molecule has 2 aromatic heterocycles. The van der Waals surface area contributed by atoms with Crippen LogP contribution < -0.4 is 11.2 Å². The fraction of sp³-hybridized carbons (Fsp3) is 0.304. The van der Waals surface area contributed by atoms with Gasteiger partial charge in [0, 0.05) is 24.7 Å². The van der Waals surface area contributed by atoms with Gasteiger partial charge in [-0.15, -0.1) is 0 Å². The summed E-state index contributed by atoms with van der Waals surface area (Å²) >= 11 is 0. The molecule has 0 bridgehead atoms. The number of carboxylic acid groups (broad SMARTS) is 1.